The quantitative estimate of drug-likeness (QED) is 0.408. The minimum Gasteiger partial charge on any atom is -0.325 e. The van der Waals surface area contributed by atoms with Gasteiger partial charge < -0.3 is 5.32 Å². The van der Waals surface area contributed by atoms with E-state index < -0.39 is 0 Å². The molecule has 0 bridgehead atoms. The van der Waals surface area contributed by atoms with E-state index in [-0.39, 0.29) is 23.9 Å². The number of hydrogen-bond acceptors (Lipinski definition) is 5. The molecule has 1 N–H and O–H groups in total. The van der Waals surface area contributed by atoms with E-state index in [0.29, 0.717) is 21.9 Å². The number of para-hydroxylation sites is 1. The Bertz CT molecular complexity index is 1570. The molecule has 6 rings (SSSR count). The van der Waals surface area contributed by atoms with Crippen molar-refractivity contribution in [3.05, 3.63) is 89.3 Å². The summed E-state index contributed by atoms with van der Waals surface area (Å²) in [5.74, 6) is 0.494. The van der Waals surface area contributed by atoms with Gasteiger partial charge in [-0.3, -0.25) is 14.2 Å². The average molecular weight is 454 g/mol. The van der Waals surface area contributed by atoms with E-state index in [4.69, 9.17) is 4.98 Å². The van der Waals surface area contributed by atoms with Gasteiger partial charge in [0.2, 0.25) is 5.91 Å². The van der Waals surface area contributed by atoms with Crippen LogP contribution in [0.25, 0.3) is 27.5 Å². The number of anilines is 1. The third-order valence-electron chi connectivity index (χ3n) is 5.86. The van der Waals surface area contributed by atoms with Crippen LogP contribution in [-0.2, 0) is 4.79 Å². The summed E-state index contributed by atoms with van der Waals surface area (Å²) < 4.78 is 3.32. The zero-order chi connectivity index (χ0) is 22.4. The van der Waals surface area contributed by atoms with Crippen LogP contribution in [0.15, 0.2) is 88.9 Å². The fraction of sp³-hybridized carbons (Fsp3) is 0.120. The Kier molecular flexibility index (Phi) is 4.73. The molecule has 0 saturated heterocycles. The van der Waals surface area contributed by atoms with Crippen molar-refractivity contribution in [2.45, 2.75) is 17.6 Å². The van der Waals surface area contributed by atoms with Crippen molar-refractivity contribution in [1.29, 1.82) is 0 Å². The van der Waals surface area contributed by atoms with Gasteiger partial charge in [-0.25, -0.2) is 9.67 Å². The molecule has 0 spiro atoms. The van der Waals surface area contributed by atoms with Crippen LogP contribution >= 0.6 is 11.8 Å². The predicted octanol–water partition coefficient (Wildman–Crippen LogP) is 4.41. The molecule has 8 heteroatoms. The number of thioether (sulfide) groups is 1. The second-order valence-electron chi connectivity index (χ2n) is 7.94. The van der Waals surface area contributed by atoms with Gasteiger partial charge in [-0.2, -0.15) is 5.10 Å². The number of rotatable bonds is 4. The smallest absolute Gasteiger partial charge is 0.265 e. The first-order valence-corrected chi connectivity index (χ1v) is 11.6. The molecule has 1 aliphatic rings. The maximum Gasteiger partial charge on any atom is 0.265 e. The Morgan fingerprint density at radius 2 is 1.79 bits per heavy atom. The predicted molar refractivity (Wildman–Crippen MR) is 130 cm³/mol. The molecule has 33 heavy (non-hydrogen) atoms. The van der Waals surface area contributed by atoms with E-state index in [2.05, 4.69) is 10.4 Å². The van der Waals surface area contributed by atoms with Crippen molar-refractivity contribution in [1.82, 2.24) is 19.3 Å². The summed E-state index contributed by atoms with van der Waals surface area (Å²) in [7, 11) is 0. The Balaban J connectivity index is 1.30. The molecule has 3 aromatic carbocycles. The second kappa shape index (κ2) is 7.90. The molecule has 0 fully saturated rings. The Morgan fingerprint density at radius 1 is 1.00 bits per heavy atom. The van der Waals surface area contributed by atoms with Gasteiger partial charge in [0.25, 0.3) is 5.56 Å². The number of nitrogens with one attached hydrogen (secondary N) is 1. The van der Waals surface area contributed by atoms with E-state index in [1.165, 1.54) is 11.8 Å². The SMILES string of the molecule is O=C(CC1CSc2nc3c(cnn3-c3ccccc3)c(=O)n21)Nc1cccc2ccccc12. The topological polar surface area (TPSA) is 81.8 Å². The van der Waals surface area contributed by atoms with Crippen LogP contribution < -0.4 is 10.9 Å². The maximum absolute atomic E-state index is 13.3. The number of nitrogens with zero attached hydrogens (tertiary/aromatic N) is 4. The molecule has 1 amide bonds. The summed E-state index contributed by atoms with van der Waals surface area (Å²) in [6.45, 7) is 0. The highest BCUT2D eigenvalue weighted by atomic mass is 32.2. The monoisotopic (exact) mass is 453 g/mol. The zero-order valence-electron chi connectivity index (χ0n) is 17.5. The normalized spacial score (nSPS) is 15.1. The molecule has 0 aliphatic carbocycles. The Morgan fingerprint density at radius 3 is 2.67 bits per heavy atom. The van der Waals surface area contributed by atoms with Crippen molar-refractivity contribution in [3.63, 3.8) is 0 Å². The van der Waals surface area contributed by atoms with E-state index in [9.17, 15) is 9.59 Å². The van der Waals surface area contributed by atoms with Crippen LogP contribution in [0.5, 0.6) is 0 Å². The molecule has 7 nitrogen and oxygen atoms in total. The number of hydrogen-bond donors (Lipinski definition) is 1. The fourth-order valence-electron chi connectivity index (χ4n) is 4.29. The first-order valence-electron chi connectivity index (χ1n) is 10.6. The highest BCUT2D eigenvalue weighted by molar-refractivity contribution is 7.99. The lowest BCUT2D eigenvalue weighted by Crippen LogP contribution is -2.27. The Labute approximate surface area is 193 Å². The van der Waals surface area contributed by atoms with E-state index >= 15 is 0 Å². The van der Waals surface area contributed by atoms with Gasteiger partial charge in [-0.05, 0) is 23.6 Å². The van der Waals surface area contributed by atoms with Crippen molar-refractivity contribution in [2.75, 3.05) is 11.1 Å². The van der Waals surface area contributed by atoms with Crippen molar-refractivity contribution in [3.8, 4) is 5.69 Å². The summed E-state index contributed by atoms with van der Waals surface area (Å²) in [5, 5.41) is 10.5. The molecule has 1 atom stereocenters. The van der Waals surface area contributed by atoms with Gasteiger partial charge in [-0.15, -0.1) is 0 Å². The highest BCUT2D eigenvalue weighted by Crippen LogP contribution is 2.34. The van der Waals surface area contributed by atoms with Gasteiger partial charge in [0.05, 0.1) is 17.9 Å². The first kappa shape index (κ1) is 19.8. The van der Waals surface area contributed by atoms with Gasteiger partial charge in [0, 0.05) is 23.2 Å². The maximum atomic E-state index is 13.3. The highest BCUT2D eigenvalue weighted by Gasteiger charge is 2.29. The van der Waals surface area contributed by atoms with Crippen LogP contribution in [-0.4, -0.2) is 31.0 Å². The van der Waals surface area contributed by atoms with Crippen molar-refractivity contribution in [2.24, 2.45) is 0 Å². The molecule has 162 valence electrons. The molecule has 0 radical (unpaired) electrons. The average Bonchev–Trinajstić information content (AvgIpc) is 3.45. The van der Waals surface area contributed by atoms with Gasteiger partial charge >= 0.3 is 0 Å². The number of carbonyl (C=O) groups is 1. The van der Waals surface area contributed by atoms with Crippen LogP contribution in [0.2, 0.25) is 0 Å². The lowest BCUT2D eigenvalue weighted by molar-refractivity contribution is -0.116. The molecular formula is C25H19N5O2S. The number of carbonyl (C=O) groups excluding carboxylic acids is 1. The van der Waals surface area contributed by atoms with Crippen LogP contribution in [0.3, 0.4) is 0 Å². The first-order chi connectivity index (χ1) is 16.2. The molecule has 2 aromatic heterocycles. The van der Waals surface area contributed by atoms with E-state index in [1.807, 2.05) is 72.8 Å². The van der Waals surface area contributed by atoms with Crippen molar-refractivity contribution < 1.29 is 4.79 Å². The van der Waals surface area contributed by atoms with Crippen LogP contribution in [0, 0.1) is 0 Å². The van der Waals surface area contributed by atoms with Gasteiger partial charge in [-0.1, -0.05) is 66.4 Å². The summed E-state index contributed by atoms with van der Waals surface area (Å²) in [4.78, 5) is 31.0. The number of amides is 1. The summed E-state index contributed by atoms with van der Waals surface area (Å²) in [5.41, 5.74) is 1.99. The number of fused-ring (bicyclic) bond motifs is 3. The molecule has 1 unspecified atom stereocenters. The standard InChI is InChI=1S/C25H19N5O2S/c31-22(27-21-12-6-8-16-7-4-5-11-19(16)21)13-18-15-33-25-28-23-20(24(32)29(18)25)14-26-30(23)17-9-2-1-3-10-17/h1-12,14,18H,13,15H2,(H,27,31). The summed E-state index contributed by atoms with van der Waals surface area (Å²) in [6, 6.07) is 23.1. The lowest BCUT2D eigenvalue weighted by atomic mass is 10.1. The van der Waals surface area contributed by atoms with Crippen LogP contribution in [0.1, 0.15) is 12.5 Å². The van der Waals surface area contributed by atoms with Gasteiger partial charge in [0.15, 0.2) is 10.8 Å². The van der Waals surface area contributed by atoms with E-state index in [1.54, 1.807) is 15.4 Å². The number of benzene rings is 3. The summed E-state index contributed by atoms with van der Waals surface area (Å²) in [6.07, 6.45) is 1.75. The third kappa shape index (κ3) is 3.39. The van der Waals surface area contributed by atoms with Crippen molar-refractivity contribution >= 4 is 45.2 Å². The largest absolute Gasteiger partial charge is 0.325 e. The zero-order valence-corrected chi connectivity index (χ0v) is 18.3. The molecule has 0 saturated carbocycles. The fourth-order valence-corrected chi connectivity index (χ4v) is 5.42. The van der Waals surface area contributed by atoms with Crippen LogP contribution in [0.4, 0.5) is 5.69 Å². The minimum atomic E-state index is -0.260. The lowest BCUT2D eigenvalue weighted by Gasteiger charge is -2.14. The van der Waals surface area contributed by atoms with E-state index in [0.717, 1.165) is 22.1 Å². The second-order valence-corrected chi connectivity index (χ2v) is 8.93. The molecule has 3 heterocycles. The third-order valence-corrected chi connectivity index (χ3v) is 6.95. The minimum absolute atomic E-state index is 0.128. The molecule has 5 aromatic rings. The molecular weight excluding hydrogens is 434 g/mol. The Hall–Kier alpha value is -3.91. The number of aromatic nitrogens is 4. The molecule has 1 aliphatic heterocycles. The summed E-state index contributed by atoms with van der Waals surface area (Å²) >= 11 is 1.49. The van der Waals surface area contributed by atoms with Gasteiger partial charge in [0.1, 0.15) is 5.39 Å².